The highest BCUT2D eigenvalue weighted by atomic mass is 16.6. The van der Waals surface area contributed by atoms with Crippen molar-refractivity contribution in [2.75, 3.05) is 13.2 Å². The lowest BCUT2D eigenvalue weighted by molar-refractivity contribution is -0.161. The normalized spacial score (nSPS) is 37.8. The summed E-state index contributed by atoms with van der Waals surface area (Å²) in [5.74, 6) is -2.11. The lowest BCUT2D eigenvalue weighted by Crippen LogP contribution is -2.48. The Balaban J connectivity index is 2.50. The van der Waals surface area contributed by atoms with Crippen LogP contribution in [0.5, 0.6) is 0 Å². The third kappa shape index (κ3) is 2.01. The fourth-order valence-electron chi connectivity index (χ4n) is 3.75. The average Bonchev–Trinajstić information content (AvgIpc) is 2.75. The van der Waals surface area contributed by atoms with Crippen LogP contribution in [0.15, 0.2) is 11.1 Å². The number of hydrogen-bond acceptors (Lipinski definition) is 5. The van der Waals surface area contributed by atoms with Crippen molar-refractivity contribution in [2.24, 2.45) is 11.8 Å². The molecule has 118 valence electrons. The quantitative estimate of drug-likeness (QED) is 0.588. The molecule has 1 fully saturated rings. The summed E-state index contributed by atoms with van der Waals surface area (Å²) in [5.41, 5.74) is 0.401. The van der Waals surface area contributed by atoms with Gasteiger partial charge in [0.25, 0.3) is 0 Å². The van der Waals surface area contributed by atoms with Crippen molar-refractivity contribution in [3.8, 4) is 0 Å². The molecule has 4 unspecified atom stereocenters. The highest BCUT2D eigenvalue weighted by Gasteiger charge is 2.70. The molecule has 0 saturated carbocycles. The molecule has 21 heavy (non-hydrogen) atoms. The highest BCUT2D eigenvalue weighted by Crippen LogP contribution is 2.60. The van der Waals surface area contributed by atoms with Crippen LogP contribution in [-0.4, -0.2) is 36.4 Å². The summed E-state index contributed by atoms with van der Waals surface area (Å²) in [6.07, 6.45) is 0. The van der Waals surface area contributed by atoms with Crippen molar-refractivity contribution in [2.45, 2.75) is 52.7 Å². The number of ether oxygens (including phenoxy) is 3. The Hall–Kier alpha value is -1.36. The zero-order chi connectivity index (χ0) is 16.0. The molecule has 4 atom stereocenters. The van der Waals surface area contributed by atoms with Crippen molar-refractivity contribution in [1.29, 1.82) is 0 Å². The molecule has 2 aliphatic rings. The van der Waals surface area contributed by atoms with Gasteiger partial charge in [-0.15, -0.1) is 0 Å². The molecule has 2 aliphatic heterocycles. The summed E-state index contributed by atoms with van der Waals surface area (Å²) in [5, 5.41) is 0. The molecule has 0 amide bonds. The second-order valence-corrected chi connectivity index (χ2v) is 6.03. The number of rotatable bonds is 4. The van der Waals surface area contributed by atoms with Crippen LogP contribution in [-0.2, 0) is 23.8 Å². The third-order valence-corrected chi connectivity index (χ3v) is 5.08. The van der Waals surface area contributed by atoms with Crippen LogP contribution in [0, 0.1) is 11.8 Å². The van der Waals surface area contributed by atoms with Gasteiger partial charge in [-0.1, -0.05) is 0 Å². The molecule has 2 rings (SSSR count). The first-order valence-corrected chi connectivity index (χ1v) is 7.45. The molecular formula is C16H24O5. The van der Waals surface area contributed by atoms with E-state index in [1.807, 2.05) is 27.7 Å². The van der Waals surface area contributed by atoms with Gasteiger partial charge in [-0.05, 0) is 52.7 Å². The van der Waals surface area contributed by atoms with E-state index in [-0.39, 0.29) is 13.2 Å². The maximum atomic E-state index is 12.4. The number of carbonyl (C=O) groups is 2. The molecule has 0 N–H and O–H groups in total. The Morgan fingerprint density at radius 3 is 1.57 bits per heavy atom. The van der Waals surface area contributed by atoms with E-state index < -0.39 is 35.0 Å². The summed E-state index contributed by atoms with van der Waals surface area (Å²) >= 11 is 0. The van der Waals surface area contributed by atoms with Gasteiger partial charge in [0.05, 0.1) is 13.2 Å². The van der Waals surface area contributed by atoms with Crippen molar-refractivity contribution in [3.63, 3.8) is 0 Å². The maximum Gasteiger partial charge on any atom is 0.313 e. The van der Waals surface area contributed by atoms with Gasteiger partial charge in [-0.25, -0.2) is 0 Å². The van der Waals surface area contributed by atoms with Gasteiger partial charge >= 0.3 is 11.9 Å². The van der Waals surface area contributed by atoms with Crippen LogP contribution in [0.2, 0.25) is 0 Å². The smallest absolute Gasteiger partial charge is 0.313 e. The van der Waals surface area contributed by atoms with E-state index in [9.17, 15) is 9.59 Å². The Labute approximate surface area is 125 Å². The SMILES string of the molecule is CCOC(=O)C1C(C(=O)OCC)C2(C)OC1(C)C(C)=C2C. The molecule has 1 saturated heterocycles. The molecule has 0 aromatic carbocycles. The van der Waals surface area contributed by atoms with E-state index in [2.05, 4.69) is 0 Å². The molecule has 0 aliphatic carbocycles. The fraction of sp³-hybridized carbons (Fsp3) is 0.750. The molecule has 0 aromatic rings. The molecule has 2 bridgehead atoms. The topological polar surface area (TPSA) is 61.8 Å². The second-order valence-electron chi connectivity index (χ2n) is 6.03. The van der Waals surface area contributed by atoms with E-state index in [0.29, 0.717) is 0 Å². The van der Waals surface area contributed by atoms with Crippen LogP contribution < -0.4 is 0 Å². The first kappa shape index (κ1) is 16.0. The Morgan fingerprint density at radius 2 is 1.29 bits per heavy atom. The lowest BCUT2D eigenvalue weighted by Gasteiger charge is -2.34. The van der Waals surface area contributed by atoms with Gasteiger partial charge in [-0.2, -0.15) is 0 Å². The minimum atomic E-state index is -0.803. The molecule has 0 spiro atoms. The molecular weight excluding hydrogens is 272 g/mol. The lowest BCUT2D eigenvalue weighted by atomic mass is 9.65. The summed E-state index contributed by atoms with van der Waals surface area (Å²) in [7, 11) is 0. The minimum Gasteiger partial charge on any atom is -0.466 e. The van der Waals surface area contributed by atoms with Crippen LogP contribution in [0.3, 0.4) is 0 Å². The third-order valence-electron chi connectivity index (χ3n) is 5.08. The van der Waals surface area contributed by atoms with Gasteiger partial charge in [0.15, 0.2) is 0 Å². The monoisotopic (exact) mass is 296 g/mol. The van der Waals surface area contributed by atoms with Crippen molar-refractivity contribution in [3.05, 3.63) is 11.1 Å². The second kappa shape index (κ2) is 5.13. The Bertz CT molecular complexity index is 465. The summed E-state index contributed by atoms with van der Waals surface area (Å²) in [4.78, 5) is 24.8. The predicted molar refractivity (Wildman–Crippen MR) is 76.5 cm³/mol. The standard InChI is InChI=1S/C16H24O5/c1-7-19-13(17)11-12(14(18)20-8-2)16(6)10(4)9(3)15(11,5)21-16/h11-12H,7-8H2,1-6H3. The van der Waals surface area contributed by atoms with Gasteiger partial charge in [0.1, 0.15) is 23.0 Å². The first-order valence-electron chi connectivity index (χ1n) is 7.45. The Morgan fingerprint density at radius 1 is 0.952 bits per heavy atom. The zero-order valence-corrected chi connectivity index (χ0v) is 13.6. The fourth-order valence-corrected chi connectivity index (χ4v) is 3.75. The Kier molecular flexibility index (Phi) is 3.91. The van der Waals surface area contributed by atoms with Crippen LogP contribution >= 0.6 is 0 Å². The molecule has 5 heteroatoms. The first-order chi connectivity index (χ1) is 9.74. The number of fused-ring (bicyclic) bond motifs is 2. The number of carbonyl (C=O) groups excluding carboxylic acids is 2. The van der Waals surface area contributed by atoms with E-state index in [1.165, 1.54) is 0 Å². The van der Waals surface area contributed by atoms with Crippen LogP contribution in [0.1, 0.15) is 41.5 Å². The summed E-state index contributed by atoms with van der Waals surface area (Å²) in [6, 6.07) is 0. The van der Waals surface area contributed by atoms with Gasteiger partial charge in [0.2, 0.25) is 0 Å². The maximum absolute atomic E-state index is 12.4. The van der Waals surface area contributed by atoms with Crippen molar-refractivity contribution >= 4 is 11.9 Å². The molecule has 0 radical (unpaired) electrons. The van der Waals surface area contributed by atoms with Crippen LogP contribution in [0.25, 0.3) is 0 Å². The summed E-state index contributed by atoms with van der Waals surface area (Å²) < 4.78 is 16.5. The van der Waals surface area contributed by atoms with E-state index >= 15 is 0 Å². The van der Waals surface area contributed by atoms with Gasteiger partial charge in [0, 0.05) is 0 Å². The van der Waals surface area contributed by atoms with Crippen molar-refractivity contribution in [1.82, 2.24) is 0 Å². The van der Waals surface area contributed by atoms with Gasteiger partial charge < -0.3 is 14.2 Å². The molecule has 0 aromatic heterocycles. The summed E-state index contributed by atoms with van der Waals surface area (Å²) in [6.45, 7) is 11.7. The minimum absolute atomic E-state index is 0.277. The van der Waals surface area contributed by atoms with Crippen LogP contribution in [0.4, 0.5) is 0 Å². The predicted octanol–water partition coefficient (Wildman–Crippen LogP) is 2.24. The average molecular weight is 296 g/mol. The molecule has 2 heterocycles. The zero-order valence-electron chi connectivity index (χ0n) is 13.6. The van der Waals surface area contributed by atoms with E-state index in [0.717, 1.165) is 11.1 Å². The van der Waals surface area contributed by atoms with Gasteiger partial charge in [-0.3, -0.25) is 9.59 Å². The number of hydrogen-bond donors (Lipinski definition) is 0. The van der Waals surface area contributed by atoms with E-state index in [4.69, 9.17) is 14.2 Å². The highest BCUT2D eigenvalue weighted by molar-refractivity contribution is 5.87. The molecule has 5 nitrogen and oxygen atoms in total. The largest absolute Gasteiger partial charge is 0.466 e. The number of esters is 2. The van der Waals surface area contributed by atoms with E-state index in [1.54, 1.807) is 13.8 Å². The van der Waals surface area contributed by atoms with Crippen molar-refractivity contribution < 1.29 is 23.8 Å².